The van der Waals surface area contributed by atoms with Gasteiger partial charge in [0.25, 0.3) is 0 Å². The third kappa shape index (κ3) is 7.02. The first-order chi connectivity index (χ1) is 22.5. The van der Waals surface area contributed by atoms with Crippen LogP contribution < -0.4 is 15.4 Å². The van der Waals surface area contributed by atoms with E-state index in [2.05, 4.69) is 25.5 Å². The second-order valence-electron chi connectivity index (χ2n) is 11.5. The molecule has 46 heavy (non-hydrogen) atoms. The van der Waals surface area contributed by atoms with E-state index < -0.39 is 6.10 Å². The molecule has 240 valence electrons. The van der Waals surface area contributed by atoms with Crippen molar-refractivity contribution in [1.29, 1.82) is 0 Å². The maximum absolute atomic E-state index is 13.5. The fraction of sp³-hybridized carbons (Fsp3) is 0.364. The van der Waals surface area contributed by atoms with Crippen molar-refractivity contribution in [2.75, 3.05) is 51.3 Å². The van der Waals surface area contributed by atoms with Gasteiger partial charge < -0.3 is 25.2 Å². The van der Waals surface area contributed by atoms with Crippen LogP contribution in [0.4, 0.5) is 15.9 Å². The summed E-state index contributed by atoms with van der Waals surface area (Å²) in [5.41, 5.74) is 4.81. The summed E-state index contributed by atoms with van der Waals surface area (Å²) >= 11 is 8.20. The minimum Gasteiger partial charge on any atom is -0.487 e. The molecular weight excluding hydrogens is 629 g/mol. The molecule has 1 saturated heterocycles. The minimum absolute atomic E-state index is 0.210. The monoisotopic (exact) mass is 663 g/mol. The van der Waals surface area contributed by atoms with Gasteiger partial charge in [-0.25, -0.2) is 14.4 Å². The number of aliphatic hydroxyl groups excluding tert-OH is 1. The van der Waals surface area contributed by atoms with Gasteiger partial charge in [-0.15, -0.1) is 11.3 Å². The lowest BCUT2D eigenvalue weighted by molar-refractivity contribution is 0.0379. The number of nitrogens with one attached hydrogen (secondary N) is 2. The smallest absolute Gasteiger partial charge is 0.142 e. The van der Waals surface area contributed by atoms with Gasteiger partial charge in [0.1, 0.15) is 35.1 Å². The van der Waals surface area contributed by atoms with Crippen LogP contribution in [0, 0.1) is 5.82 Å². The molecular formula is C33H35ClFN7O3S. The second kappa shape index (κ2) is 14.0. The maximum atomic E-state index is 13.5. The van der Waals surface area contributed by atoms with Crippen molar-refractivity contribution in [1.82, 2.24) is 30.0 Å². The van der Waals surface area contributed by atoms with Crippen LogP contribution in [0.3, 0.4) is 0 Å². The summed E-state index contributed by atoms with van der Waals surface area (Å²) in [4.78, 5) is 13.6. The molecule has 1 aliphatic heterocycles. The van der Waals surface area contributed by atoms with Crippen LogP contribution in [0.15, 0.2) is 55.0 Å². The first-order valence-corrected chi connectivity index (χ1v) is 16.7. The zero-order valence-electron chi connectivity index (χ0n) is 25.2. The molecule has 5 aromatic rings. The summed E-state index contributed by atoms with van der Waals surface area (Å²) in [7, 11) is 0. The molecule has 0 spiro atoms. The molecule has 1 fully saturated rings. The van der Waals surface area contributed by atoms with Crippen LogP contribution in [0.1, 0.15) is 16.8 Å². The Hall–Kier alpha value is -3.65. The number of morpholine rings is 1. The molecule has 2 aliphatic rings. The predicted molar refractivity (Wildman–Crippen MR) is 178 cm³/mol. The number of thiophene rings is 1. The molecule has 10 nitrogen and oxygen atoms in total. The van der Waals surface area contributed by atoms with Gasteiger partial charge in [0, 0.05) is 55.0 Å². The summed E-state index contributed by atoms with van der Waals surface area (Å²) in [6.07, 6.45) is 4.69. The summed E-state index contributed by atoms with van der Waals surface area (Å²) < 4.78 is 26.6. The molecule has 4 heterocycles. The van der Waals surface area contributed by atoms with Crippen molar-refractivity contribution in [3.63, 3.8) is 0 Å². The van der Waals surface area contributed by atoms with E-state index in [1.54, 1.807) is 41.9 Å². The van der Waals surface area contributed by atoms with Crippen molar-refractivity contribution < 1.29 is 19.0 Å². The number of fused-ring (bicyclic) bond motifs is 5. The number of hydrogen-bond donors (Lipinski definition) is 3. The van der Waals surface area contributed by atoms with Crippen LogP contribution in [0.5, 0.6) is 5.75 Å². The van der Waals surface area contributed by atoms with Crippen LogP contribution >= 0.6 is 22.9 Å². The molecule has 1 atom stereocenters. The number of aryl methyl sites for hydroxylation is 2. The van der Waals surface area contributed by atoms with E-state index in [9.17, 15) is 9.50 Å². The molecule has 0 saturated carbocycles. The van der Waals surface area contributed by atoms with Crippen molar-refractivity contribution in [3.8, 4) is 16.2 Å². The van der Waals surface area contributed by atoms with Crippen LogP contribution in [0.2, 0.25) is 5.02 Å². The second-order valence-corrected chi connectivity index (χ2v) is 12.9. The molecule has 0 amide bonds. The summed E-state index contributed by atoms with van der Waals surface area (Å²) in [5, 5.41) is 23.8. The van der Waals surface area contributed by atoms with Gasteiger partial charge in [-0.1, -0.05) is 23.7 Å². The fourth-order valence-corrected chi connectivity index (χ4v) is 7.40. The summed E-state index contributed by atoms with van der Waals surface area (Å²) in [6, 6.07) is 11.8. The third-order valence-electron chi connectivity index (χ3n) is 8.25. The van der Waals surface area contributed by atoms with Gasteiger partial charge in [0.15, 0.2) is 0 Å². The standard InChI is InChI=1S/C33H35ClFN7O3S/c34-27-15-23(4-7-29(27)45-19-21-2-1-3-22(35)14-21)39-32-30-25-5-6-28-26(31(25)46-33(30)38-20-37-32)18-42(40-28)17-24(43)16-36-8-9-41-10-12-44-13-11-41/h1-4,7,14-15,18,20,24,36,43H,5-6,8-13,16-17,19H2,(H,37,38,39)/t24-/m1/s1. The average molecular weight is 664 g/mol. The number of halogens is 2. The number of anilines is 2. The van der Waals surface area contributed by atoms with E-state index in [4.69, 9.17) is 26.2 Å². The van der Waals surface area contributed by atoms with Gasteiger partial charge in [-0.2, -0.15) is 5.10 Å². The number of aromatic nitrogens is 4. The Morgan fingerprint density at radius 2 is 2.02 bits per heavy atom. The Labute approximate surface area is 275 Å². The first kappa shape index (κ1) is 31.0. The van der Waals surface area contributed by atoms with E-state index in [-0.39, 0.29) is 12.4 Å². The van der Waals surface area contributed by atoms with E-state index in [0.717, 1.165) is 89.8 Å². The molecule has 3 aromatic heterocycles. The van der Waals surface area contributed by atoms with Gasteiger partial charge in [0.05, 0.1) is 42.0 Å². The van der Waals surface area contributed by atoms with Crippen molar-refractivity contribution in [3.05, 3.63) is 82.6 Å². The molecule has 2 aromatic carbocycles. The summed E-state index contributed by atoms with van der Waals surface area (Å²) in [5.74, 6) is 0.915. The Balaban J connectivity index is 1.02. The molecule has 13 heteroatoms. The minimum atomic E-state index is -0.542. The number of rotatable bonds is 12. The lowest BCUT2D eigenvalue weighted by Gasteiger charge is -2.26. The Morgan fingerprint density at radius 1 is 1.13 bits per heavy atom. The Morgan fingerprint density at radius 3 is 2.87 bits per heavy atom. The highest BCUT2D eigenvalue weighted by atomic mass is 35.5. The van der Waals surface area contributed by atoms with E-state index in [1.807, 2.05) is 16.9 Å². The number of ether oxygens (including phenoxy) is 2. The molecule has 7 rings (SSSR count). The largest absolute Gasteiger partial charge is 0.487 e. The van der Waals surface area contributed by atoms with Crippen molar-refractivity contribution >= 4 is 44.7 Å². The van der Waals surface area contributed by atoms with Crippen molar-refractivity contribution in [2.24, 2.45) is 0 Å². The molecule has 0 unspecified atom stereocenters. The van der Waals surface area contributed by atoms with Crippen molar-refractivity contribution in [2.45, 2.75) is 32.1 Å². The highest BCUT2D eigenvalue weighted by molar-refractivity contribution is 7.22. The van der Waals surface area contributed by atoms with Gasteiger partial charge >= 0.3 is 0 Å². The topological polar surface area (TPSA) is 110 Å². The SMILES string of the molecule is O[C@H](CNCCN1CCOCC1)Cn1cc2c(n1)CCc1c-2sc2ncnc(Nc3ccc(OCc4cccc(F)c4)c(Cl)c3)c12. The highest BCUT2D eigenvalue weighted by Crippen LogP contribution is 2.45. The highest BCUT2D eigenvalue weighted by Gasteiger charge is 2.27. The molecule has 0 radical (unpaired) electrons. The molecule has 3 N–H and O–H groups in total. The Kier molecular flexibility index (Phi) is 9.43. The van der Waals surface area contributed by atoms with E-state index in [1.165, 1.54) is 17.7 Å². The maximum Gasteiger partial charge on any atom is 0.142 e. The van der Waals surface area contributed by atoms with Crippen LogP contribution in [-0.4, -0.2) is 81.8 Å². The van der Waals surface area contributed by atoms with Gasteiger partial charge in [0.2, 0.25) is 0 Å². The van der Waals surface area contributed by atoms with Crippen LogP contribution in [-0.2, 0) is 30.7 Å². The normalized spacial score (nSPS) is 15.5. The first-order valence-electron chi connectivity index (χ1n) is 15.5. The number of nitrogens with zero attached hydrogens (tertiary/aromatic N) is 5. The fourth-order valence-electron chi connectivity index (χ4n) is 5.95. The summed E-state index contributed by atoms with van der Waals surface area (Å²) in [6.45, 7) is 6.43. The molecule has 0 bridgehead atoms. The third-order valence-corrected chi connectivity index (χ3v) is 9.71. The lowest BCUT2D eigenvalue weighted by Crippen LogP contribution is -2.41. The average Bonchev–Trinajstić information content (AvgIpc) is 3.65. The van der Waals surface area contributed by atoms with E-state index in [0.29, 0.717) is 29.7 Å². The number of aliphatic hydroxyl groups is 1. The molecule has 1 aliphatic carbocycles. The predicted octanol–water partition coefficient (Wildman–Crippen LogP) is 5.05. The number of hydrogen-bond acceptors (Lipinski definition) is 10. The zero-order valence-corrected chi connectivity index (χ0v) is 26.8. The Bertz CT molecular complexity index is 1830. The van der Waals surface area contributed by atoms with Gasteiger partial charge in [-0.05, 0) is 54.3 Å². The van der Waals surface area contributed by atoms with Crippen LogP contribution in [0.25, 0.3) is 20.7 Å². The van der Waals surface area contributed by atoms with Gasteiger partial charge in [-0.3, -0.25) is 9.58 Å². The number of benzene rings is 2. The lowest BCUT2D eigenvalue weighted by atomic mass is 9.95. The quantitative estimate of drug-likeness (QED) is 0.158. The zero-order chi connectivity index (χ0) is 31.5. The van der Waals surface area contributed by atoms with E-state index >= 15 is 0 Å².